The lowest BCUT2D eigenvalue weighted by molar-refractivity contribution is 0.102. The third-order valence-corrected chi connectivity index (χ3v) is 3.33. The van der Waals surface area contributed by atoms with Gasteiger partial charge in [-0.1, -0.05) is 17.7 Å². The molecule has 2 atom stereocenters. The van der Waals surface area contributed by atoms with Gasteiger partial charge in [0.25, 0.3) is 0 Å². The smallest absolute Gasteiger partial charge is 0.122 e. The highest BCUT2D eigenvalue weighted by Gasteiger charge is 2.16. The first kappa shape index (κ1) is 14.3. The predicted molar refractivity (Wildman–Crippen MR) is 74.6 cm³/mol. The zero-order valence-corrected chi connectivity index (χ0v) is 11.7. The molecule has 4 nitrogen and oxygen atoms in total. The summed E-state index contributed by atoms with van der Waals surface area (Å²) in [4.78, 5) is 0. The second kappa shape index (κ2) is 6.89. The van der Waals surface area contributed by atoms with Gasteiger partial charge in [0.1, 0.15) is 18.5 Å². The maximum atomic E-state index is 9.89. The number of aliphatic hydroxyl groups is 1. The number of hydrogen-bond donors (Lipinski definition) is 2. The van der Waals surface area contributed by atoms with Crippen LogP contribution in [0.2, 0.25) is 0 Å². The van der Waals surface area contributed by atoms with Crippen molar-refractivity contribution in [2.24, 2.45) is 0 Å². The first-order valence-electron chi connectivity index (χ1n) is 6.84. The maximum Gasteiger partial charge on any atom is 0.122 e. The highest BCUT2D eigenvalue weighted by molar-refractivity contribution is 5.35. The average molecular weight is 265 g/mol. The molecule has 1 aromatic rings. The van der Waals surface area contributed by atoms with Crippen LogP contribution in [0.5, 0.6) is 5.75 Å². The van der Waals surface area contributed by atoms with E-state index >= 15 is 0 Å². The fraction of sp³-hybridized carbons (Fsp3) is 0.600. The summed E-state index contributed by atoms with van der Waals surface area (Å²) in [7, 11) is 0. The molecule has 1 fully saturated rings. The van der Waals surface area contributed by atoms with Crippen molar-refractivity contribution in [2.45, 2.75) is 32.4 Å². The van der Waals surface area contributed by atoms with E-state index in [1.165, 1.54) is 5.56 Å². The summed E-state index contributed by atoms with van der Waals surface area (Å²) in [5.74, 6) is 0.842. The molecule has 1 heterocycles. The Balaban J connectivity index is 1.71. The summed E-state index contributed by atoms with van der Waals surface area (Å²) >= 11 is 0. The number of hydrogen-bond acceptors (Lipinski definition) is 4. The Bertz CT molecular complexity index is 402. The van der Waals surface area contributed by atoms with Crippen LogP contribution in [0.1, 0.15) is 17.5 Å². The van der Waals surface area contributed by atoms with E-state index in [0.717, 1.165) is 30.9 Å². The topological polar surface area (TPSA) is 50.7 Å². The fourth-order valence-electron chi connectivity index (χ4n) is 2.20. The second-order valence-electron chi connectivity index (χ2n) is 5.20. The highest BCUT2D eigenvalue weighted by Crippen LogP contribution is 2.18. The van der Waals surface area contributed by atoms with Gasteiger partial charge in [-0.25, -0.2) is 0 Å². The van der Waals surface area contributed by atoms with Crippen molar-refractivity contribution >= 4 is 0 Å². The quantitative estimate of drug-likeness (QED) is 0.817. The summed E-state index contributed by atoms with van der Waals surface area (Å²) in [5.41, 5.74) is 2.32. The highest BCUT2D eigenvalue weighted by atomic mass is 16.5. The molecule has 106 valence electrons. The minimum absolute atomic E-state index is 0.310. The lowest BCUT2D eigenvalue weighted by Gasteiger charge is -2.17. The number of nitrogens with one attached hydrogen (secondary N) is 1. The van der Waals surface area contributed by atoms with Crippen LogP contribution < -0.4 is 10.1 Å². The van der Waals surface area contributed by atoms with Crippen LogP contribution in [0, 0.1) is 13.8 Å². The van der Waals surface area contributed by atoms with Gasteiger partial charge in [0.15, 0.2) is 0 Å². The first-order chi connectivity index (χ1) is 9.15. The SMILES string of the molecule is Cc1ccc(OCC(O)CNC2CCOC2)c(C)c1. The Morgan fingerprint density at radius 3 is 3.00 bits per heavy atom. The summed E-state index contributed by atoms with van der Waals surface area (Å²) in [6.07, 6.45) is 0.520. The average Bonchev–Trinajstić information content (AvgIpc) is 2.88. The summed E-state index contributed by atoms with van der Waals surface area (Å²) in [6, 6.07) is 6.42. The van der Waals surface area contributed by atoms with Gasteiger partial charge in [-0.05, 0) is 31.9 Å². The van der Waals surface area contributed by atoms with Crippen molar-refractivity contribution in [3.8, 4) is 5.75 Å². The number of aliphatic hydroxyl groups excluding tert-OH is 1. The van der Waals surface area contributed by atoms with E-state index in [9.17, 15) is 5.11 Å². The minimum atomic E-state index is -0.499. The lowest BCUT2D eigenvalue weighted by Crippen LogP contribution is -2.38. The Hall–Kier alpha value is -1.10. The Kier molecular flexibility index (Phi) is 5.19. The van der Waals surface area contributed by atoms with Crippen LogP contribution in [-0.4, -0.2) is 43.6 Å². The molecule has 0 aromatic heterocycles. The van der Waals surface area contributed by atoms with Crippen molar-refractivity contribution in [1.29, 1.82) is 0 Å². The third kappa shape index (κ3) is 4.49. The number of rotatable bonds is 6. The van der Waals surface area contributed by atoms with E-state index < -0.39 is 6.10 Å². The summed E-state index contributed by atoms with van der Waals surface area (Å²) in [6.45, 7) is 6.48. The van der Waals surface area contributed by atoms with Crippen LogP contribution in [0.25, 0.3) is 0 Å². The fourth-order valence-corrected chi connectivity index (χ4v) is 2.20. The van der Waals surface area contributed by atoms with E-state index in [0.29, 0.717) is 19.2 Å². The maximum absolute atomic E-state index is 9.89. The molecule has 4 heteroatoms. The van der Waals surface area contributed by atoms with Crippen molar-refractivity contribution in [1.82, 2.24) is 5.32 Å². The van der Waals surface area contributed by atoms with E-state index in [1.54, 1.807) is 0 Å². The Labute approximate surface area is 114 Å². The van der Waals surface area contributed by atoms with Crippen LogP contribution in [-0.2, 0) is 4.74 Å². The molecule has 1 aliphatic heterocycles. The predicted octanol–water partition coefficient (Wildman–Crippen LogP) is 1.42. The van der Waals surface area contributed by atoms with E-state index in [2.05, 4.69) is 18.3 Å². The minimum Gasteiger partial charge on any atom is -0.491 e. The molecule has 1 aromatic carbocycles. The summed E-state index contributed by atoms with van der Waals surface area (Å²) in [5, 5.41) is 13.2. The molecule has 0 aliphatic carbocycles. The molecule has 1 saturated heterocycles. The van der Waals surface area contributed by atoms with Crippen LogP contribution in [0.4, 0.5) is 0 Å². The largest absolute Gasteiger partial charge is 0.491 e. The first-order valence-corrected chi connectivity index (χ1v) is 6.84. The van der Waals surface area contributed by atoms with Gasteiger partial charge < -0.3 is 19.9 Å². The second-order valence-corrected chi connectivity index (χ2v) is 5.20. The van der Waals surface area contributed by atoms with E-state index in [-0.39, 0.29) is 0 Å². The lowest BCUT2D eigenvalue weighted by atomic mass is 10.1. The van der Waals surface area contributed by atoms with Gasteiger partial charge in [-0.3, -0.25) is 0 Å². The molecule has 19 heavy (non-hydrogen) atoms. The Morgan fingerprint density at radius 2 is 2.32 bits per heavy atom. The molecule has 0 spiro atoms. The van der Waals surface area contributed by atoms with E-state index in [4.69, 9.17) is 9.47 Å². The molecule has 2 unspecified atom stereocenters. The van der Waals surface area contributed by atoms with Gasteiger partial charge in [0, 0.05) is 19.2 Å². The molecule has 0 bridgehead atoms. The zero-order chi connectivity index (χ0) is 13.7. The van der Waals surface area contributed by atoms with Gasteiger partial charge in [0.2, 0.25) is 0 Å². The zero-order valence-electron chi connectivity index (χ0n) is 11.7. The monoisotopic (exact) mass is 265 g/mol. The molecule has 1 aliphatic rings. The molecule has 2 rings (SSSR count). The molecule has 2 N–H and O–H groups in total. The Morgan fingerprint density at radius 1 is 1.47 bits per heavy atom. The van der Waals surface area contributed by atoms with Gasteiger partial charge >= 0.3 is 0 Å². The normalized spacial score (nSPS) is 20.5. The number of aryl methyl sites for hydroxylation is 2. The van der Waals surface area contributed by atoms with Crippen molar-refractivity contribution in [3.05, 3.63) is 29.3 Å². The standard InChI is InChI=1S/C15H23NO3/c1-11-3-4-15(12(2)7-11)19-10-14(17)8-16-13-5-6-18-9-13/h3-4,7,13-14,16-17H,5-6,8-10H2,1-2H3. The number of benzene rings is 1. The van der Waals surface area contributed by atoms with Gasteiger partial charge in [-0.2, -0.15) is 0 Å². The molecule has 0 saturated carbocycles. The van der Waals surface area contributed by atoms with Crippen LogP contribution in [0.15, 0.2) is 18.2 Å². The number of ether oxygens (including phenoxy) is 2. The van der Waals surface area contributed by atoms with Gasteiger partial charge in [0.05, 0.1) is 6.61 Å². The molecule has 0 amide bonds. The molecule has 0 radical (unpaired) electrons. The third-order valence-electron chi connectivity index (χ3n) is 3.33. The molecular formula is C15H23NO3. The van der Waals surface area contributed by atoms with Crippen LogP contribution >= 0.6 is 0 Å². The van der Waals surface area contributed by atoms with Crippen molar-refractivity contribution in [3.63, 3.8) is 0 Å². The summed E-state index contributed by atoms with van der Waals surface area (Å²) < 4.78 is 10.9. The molecular weight excluding hydrogens is 242 g/mol. The van der Waals surface area contributed by atoms with E-state index in [1.807, 2.05) is 19.1 Å². The van der Waals surface area contributed by atoms with Gasteiger partial charge in [-0.15, -0.1) is 0 Å². The van der Waals surface area contributed by atoms with Crippen LogP contribution in [0.3, 0.4) is 0 Å². The van der Waals surface area contributed by atoms with Crippen molar-refractivity contribution < 1.29 is 14.6 Å². The van der Waals surface area contributed by atoms with Crippen molar-refractivity contribution in [2.75, 3.05) is 26.4 Å².